The molecule has 0 spiro atoms. The summed E-state index contributed by atoms with van der Waals surface area (Å²) in [6.45, 7) is 1.77. The Morgan fingerprint density at radius 2 is 1.43 bits per heavy atom. The SMILES string of the molecule is O=C([C@H]1CN(C(=O)[C@@H]2COc3ccccc3O2)c2ccccc2O1)N1CCCCC1. The molecule has 156 valence electrons. The quantitative estimate of drug-likeness (QED) is 0.764. The van der Waals surface area contributed by atoms with Crippen molar-refractivity contribution in [3.8, 4) is 17.2 Å². The number of rotatable bonds is 2. The number of carbonyl (C=O) groups excluding carboxylic acids is 2. The third-order valence-electron chi connectivity index (χ3n) is 5.77. The molecule has 0 saturated carbocycles. The fraction of sp³-hybridized carbons (Fsp3) is 0.391. The number of amides is 2. The van der Waals surface area contributed by atoms with Crippen molar-refractivity contribution in [2.75, 3.05) is 31.1 Å². The van der Waals surface area contributed by atoms with Gasteiger partial charge in [-0.1, -0.05) is 24.3 Å². The standard InChI is InChI=1S/C23H24N2O5/c26-22(24-12-6-1-7-13-24)20-14-25(16-8-2-3-9-17(16)29-20)23(27)21-15-28-18-10-4-5-11-19(18)30-21/h2-5,8-11,20-21H,1,6-7,12-15H2/t20-,21+/m1/s1. The van der Waals surface area contributed by atoms with Gasteiger partial charge in [0.05, 0.1) is 12.2 Å². The van der Waals surface area contributed by atoms with Gasteiger partial charge in [-0.2, -0.15) is 0 Å². The van der Waals surface area contributed by atoms with Gasteiger partial charge in [0.15, 0.2) is 17.6 Å². The molecule has 7 nitrogen and oxygen atoms in total. The highest BCUT2D eigenvalue weighted by atomic mass is 16.6. The molecule has 0 unspecified atom stereocenters. The van der Waals surface area contributed by atoms with Gasteiger partial charge in [0.25, 0.3) is 11.8 Å². The molecule has 3 heterocycles. The fourth-order valence-corrected chi connectivity index (χ4v) is 4.20. The third-order valence-corrected chi connectivity index (χ3v) is 5.77. The van der Waals surface area contributed by atoms with Crippen LogP contribution in [0.1, 0.15) is 19.3 Å². The van der Waals surface area contributed by atoms with E-state index in [1.165, 1.54) is 0 Å². The molecule has 30 heavy (non-hydrogen) atoms. The van der Waals surface area contributed by atoms with Crippen LogP contribution in [0.2, 0.25) is 0 Å². The smallest absolute Gasteiger partial charge is 0.271 e. The van der Waals surface area contributed by atoms with E-state index in [-0.39, 0.29) is 25.0 Å². The number of anilines is 1. The Labute approximate surface area is 175 Å². The van der Waals surface area contributed by atoms with Crippen LogP contribution >= 0.6 is 0 Å². The Morgan fingerprint density at radius 1 is 0.767 bits per heavy atom. The number of benzene rings is 2. The monoisotopic (exact) mass is 408 g/mol. The minimum absolute atomic E-state index is 0.0619. The van der Waals surface area contributed by atoms with Crippen molar-refractivity contribution in [2.45, 2.75) is 31.5 Å². The Hall–Kier alpha value is -3.22. The zero-order valence-corrected chi connectivity index (χ0v) is 16.7. The van der Waals surface area contributed by atoms with Gasteiger partial charge in [0, 0.05) is 13.1 Å². The van der Waals surface area contributed by atoms with E-state index in [1.54, 1.807) is 17.0 Å². The number of nitrogens with zero attached hydrogens (tertiary/aromatic N) is 2. The molecule has 7 heteroatoms. The third kappa shape index (κ3) is 3.44. The average molecular weight is 408 g/mol. The molecule has 2 aromatic carbocycles. The van der Waals surface area contributed by atoms with E-state index in [0.29, 0.717) is 22.9 Å². The van der Waals surface area contributed by atoms with Gasteiger partial charge in [-0.3, -0.25) is 9.59 Å². The predicted molar refractivity (Wildman–Crippen MR) is 110 cm³/mol. The Kier molecular flexibility index (Phi) is 4.94. The number of likely N-dealkylation sites (tertiary alicyclic amines) is 1. The Bertz CT molecular complexity index is 956. The molecular formula is C23H24N2O5. The second-order valence-corrected chi connectivity index (χ2v) is 7.77. The molecule has 0 aliphatic carbocycles. The lowest BCUT2D eigenvalue weighted by molar-refractivity contribution is -0.140. The lowest BCUT2D eigenvalue weighted by Crippen LogP contribution is -2.56. The van der Waals surface area contributed by atoms with Crippen LogP contribution in [0.3, 0.4) is 0 Å². The van der Waals surface area contributed by atoms with Crippen LogP contribution in [0.4, 0.5) is 5.69 Å². The first kappa shape index (κ1) is 18.8. The summed E-state index contributed by atoms with van der Waals surface area (Å²) in [7, 11) is 0. The zero-order chi connectivity index (χ0) is 20.5. The normalized spacial score (nSPS) is 22.7. The van der Waals surface area contributed by atoms with Crippen LogP contribution in [-0.4, -0.2) is 55.2 Å². The van der Waals surface area contributed by atoms with Gasteiger partial charge in [-0.25, -0.2) is 0 Å². The van der Waals surface area contributed by atoms with Crippen molar-refractivity contribution in [3.05, 3.63) is 48.5 Å². The van der Waals surface area contributed by atoms with Gasteiger partial charge < -0.3 is 24.0 Å². The van der Waals surface area contributed by atoms with Crippen LogP contribution in [0.25, 0.3) is 0 Å². The summed E-state index contributed by atoms with van der Waals surface area (Å²) >= 11 is 0. The van der Waals surface area contributed by atoms with E-state index in [2.05, 4.69) is 0 Å². The highest BCUT2D eigenvalue weighted by molar-refractivity contribution is 6.00. The molecule has 5 rings (SSSR count). The number of hydrogen-bond donors (Lipinski definition) is 0. The van der Waals surface area contributed by atoms with E-state index < -0.39 is 12.2 Å². The second-order valence-electron chi connectivity index (χ2n) is 7.77. The maximum Gasteiger partial charge on any atom is 0.271 e. The van der Waals surface area contributed by atoms with Gasteiger partial charge in [0.2, 0.25) is 6.10 Å². The predicted octanol–water partition coefficient (Wildman–Crippen LogP) is 2.63. The first-order valence-corrected chi connectivity index (χ1v) is 10.4. The molecule has 0 radical (unpaired) electrons. The number of hydrogen-bond acceptors (Lipinski definition) is 5. The van der Waals surface area contributed by atoms with E-state index in [4.69, 9.17) is 14.2 Å². The lowest BCUT2D eigenvalue weighted by atomic mass is 10.1. The van der Waals surface area contributed by atoms with Gasteiger partial charge in [-0.15, -0.1) is 0 Å². The topological polar surface area (TPSA) is 68.3 Å². The number of fused-ring (bicyclic) bond motifs is 2. The highest BCUT2D eigenvalue weighted by Crippen LogP contribution is 2.36. The largest absolute Gasteiger partial charge is 0.485 e. The van der Waals surface area contributed by atoms with Crippen LogP contribution < -0.4 is 19.1 Å². The number of ether oxygens (including phenoxy) is 3. The zero-order valence-electron chi connectivity index (χ0n) is 16.7. The highest BCUT2D eigenvalue weighted by Gasteiger charge is 2.40. The van der Waals surface area contributed by atoms with Crippen LogP contribution in [0, 0.1) is 0 Å². The lowest BCUT2D eigenvalue weighted by Gasteiger charge is -2.38. The summed E-state index contributed by atoms with van der Waals surface area (Å²) in [4.78, 5) is 29.9. The van der Waals surface area contributed by atoms with Crippen molar-refractivity contribution in [1.29, 1.82) is 0 Å². The number of carbonyl (C=O) groups is 2. The van der Waals surface area contributed by atoms with Crippen molar-refractivity contribution >= 4 is 17.5 Å². The second kappa shape index (κ2) is 7.89. The first-order valence-electron chi connectivity index (χ1n) is 10.4. The number of para-hydroxylation sites is 4. The van der Waals surface area contributed by atoms with Crippen LogP contribution in [0.5, 0.6) is 17.2 Å². The van der Waals surface area contributed by atoms with Crippen molar-refractivity contribution in [1.82, 2.24) is 4.90 Å². The summed E-state index contributed by atoms with van der Waals surface area (Å²) in [5, 5.41) is 0. The maximum absolute atomic E-state index is 13.4. The molecular weight excluding hydrogens is 384 g/mol. The van der Waals surface area contributed by atoms with E-state index in [0.717, 1.165) is 32.4 Å². The molecule has 1 saturated heterocycles. The summed E-state index contributed by atoms with van der Waals surface area (Å²) in [5.41, 5.74) is 0.646. The van der Waals surface area contributed by atoms with Gasteiger partial charge in [0.1, 0.15) is 12.4 Å². The molecule has 2 aromatic rings. The van der Waals surface area contributed by atoms with Crippen LogP contribution in [0.15, 0.2) is 48.5 Å². The van der Waals surface area contributed by atoms with Gasteiger partial charge in [-0.05, 0) is 43.5 Å². The number of piperidine rings is 1. The Morgan fingerprint density at radius 3 is 2.23 bits per heavy atom. The van der Waals surface area contributed by atoms with Crippen LogP contribution in [-0.2, 0) is 9.59 Å². The molecule has 3 aliphatic rings. The molecule has 0 bridgehead atoms. The first-order chi connectivity index (χ1) is 14.7. The summed E-state index contributed by atoms with van der Waals surface area (Å²) in [5.74, 6) is 1.40. The molecule has 0 N–H and O–H groups in total. The maximum atomic E-state index is 13.4. The molecule has 1 fully saturated rings. The van der Waals surface area contributed by atoms with Crippen molar-refractivity contribution < 1.29 is 23.8 Å². The van der Waals surface area contributed by atoms with Gasteiger partial charge >= 0.3 is 0 Å². The molecule has 3 aliphatic heterocycles. The average Bonchev–Trinajstić information content (AvgIpc) is 2.82. The fourth-order valence-electron chi connectivity index (χ4n) is 4.20. The van der Waals surface area contributed by atoms with E-state index in [1.807, 2.05) is 41.3 Å². The summed E-state index contributed by atoms with van der Waals surface area (Å²) in [6.07, 6.45) is 1.65. The summed E-state index contributed by atoms with van der Waals surface area (Å²) in [6, 6.07) is 14.6. The van der Waals surface area contributed by atoms with Crippen molar-refractivity contribution in [3.63, 3.8) is 0 Å². The van der Waals surface area contributed by atoms with E-state index >= 15 is 0 Å². The molecule has 2 atom stereocenters. The Balaban J connectivity index is 1.39. The minimum Gasteiger partial charge on any atom is -0.485 e. The molecule has 2 amide bonds. The van der Waals surface area contributed by atoms with E-state index in [9.17, 15) is 9.59 Å². The molecule has 0 aromatic heterocycles. The summed E-state index contributed by atoms with van der Waals surface area (Å²) < 4.78 is 17.7. The minimum atomic E-state index is -0.781. The van der Waals surface area contributed by atoms with Crippen molar-refractivity contribution in [2.24, 2.45) is 0 Å².